The zero-order chi connectivity index (χ0) is 20.3. The molecule has 0 saturated carbocycles. The van der Waals surface area contributed by atoms with E-state index in [4.69, 9.17) is 9.15 Å². The van der Waals surface area contributed by atoms with Crippen LogP contribution in [0.15, 0.2) is 44.9 Å². The van der Waals surface area contributed by atoms with Crippen LogP contribution in [-0.4, -0.2) is 11.9 Å². The van der Waals surface area contributed by atoms with Crippen LogP contribution in [-0.2, 0) is 20.9 Å². The topological polar surface area (TPSA) is 85.6 Å². The molecule has 1 atom stereocenters. The lowest BCUT2D eigenvalue weighted by atomic mass is 10.0. The summed E-state index contributed by atoms with van der Waals surface area (Å²) in [5.41, 5.74) is 2.64. The summed E-state index contributed by atoms with van der Waals surface area (Å²) in [4.78, 5) is 36.5. The zero-order valence-corrected chi connectivity index (χ0v) is 16.7. The van der Waals surface area contributed by atoms with Gasteiger partial charge in [0.1, 0.15) is 12.2 Å². The molecule has 0 radical (unpaired) electrons. The van der Waals surface area contributed by atoms with Crippen molar-refractivity contribution < 1.29 is 18.7 Å². The number of amides is 1. The van der Waals surface area contributed by atoms with Gasteiger partial charge in [-0.2, -0.15) is 0 Å². The summed E-state index contributed by atoms with van der Waals surface area (Å²) in [6.45, 7) is 5.27. The van der Waals surface area contributed by atoms with E-state index >= 15 is 0 Å². The predicted octanol–water partition coefficient (Wildman–Crippen LogP) is 3.78. The number of benzene rings is 1. The maximum absolute atomic E-state index is 12.4. The van der Waals surface area contributed by atoms with Crippen molar-refractivity contribution in [2.45, 2.75) is 39.8 Å². The highest BCUT2D eigenvalue weighted by atomic mass is 32.1. The van der Waals surface area contributed by atoms with Crippen molar-refractivity contribution in [3.8, 4) is 0 Å². The van der Waals surface area contributed by atoms with E-state index in [2.05, 4.69) is 5.32 Å². The summed E-state index contributed by atoms with van der Waals surface area (Å²) in [6.07, 6.45) is 0.0115. The summed E-state index contributed by atoms with van der Waals surface area (Å²) in [6, 6.07) is 8.35. The van der Waals surface area contributed by atoms with Crippen LogP contribution in [0.4, 0.5) is 0 Å². The number of esters is 1. The number of hydrogen-bond acceptors (Lipinski definition) is 6. The number of fused-ring (bicyclic) bond motifs is 1. The Morgan fingerprint density at radius 1 is 1.21 bits per heavy atom. The summed E-state index contributed by atoms with van der Waals surface area (Å²) in [7, 11) is 0. The quantitative estimate of drug-likeness (QED) is 0.504. The molecule has 1 amide bonds. The van der Waals surface area contributed by atoms with Gasteiger partial charge in [-0.25, -0.2) is 4.79 Å². The van der Waals surface area contributed by atoms with E-state index in [0.29, 0.717) is 11.1 Å². The summed E-state index contributed by atoms with van der Waals surface area (Å²) >= 11 is 1.46. The van der Waals surface area contributed by atoms with E-state index in [-0.39, 0.29) is 18.9 Å². The molecule has 146 valence electrons. The van der Waals surface area contributed by atoms with Gasteiger partial charge in [0.05, 0.1) is 12.5 Å². The minimum absolute atomic E-state index is 0.0115. The Hall–Kier alpha value is -2.93. The van der Waals surface area contributed by atoms with Crippen LogP contribution in [0.2, 0.25) is 0 Å². The van der Waals surface area contributed by atoms with Crippen molar-refractivity contribution in [3.63, 3.8) is 0 Å². The molecule has 1 unspecified atom stereocenters. The molecule has 1 N–H and O–H groups in total. The zero-order valence-electron chi connectivity index (χ0n) is 15.9. The van der Waals surface area contributed by atoms with Gasteiger partial charge in [-0.1, -0.05) is 6.07 Å². The minimum atomic E-state index is -0.489. The second-order valence-corrected chi connectivity index (χ2v) is 7.64. The standard InChI is InChI=1S/C21H21NO5S/c1-12-7-16-15(9-21(25)27-18(16)8-13(12)2)11-26-20(24)10-17(22-14(3)23)19-5-4-6-28-19/h4-9,17H,10-11H2,1-3H3,(H,22,23). The molecule has 3 rings (SSSR count). The van der Waals surface area contributed by atoms with Crippen LogP contribution in [0.1, 0.15) is 41.0 Å². The van der Waals surface area contributed by atoms with Gasteiger partial charge in [0, 0.05) is 28.8 Å². The van der Waals surface area contributed by atoms with Gasteiger partial charge in [-0.3, -0.25) is 9.59 Å². The molecule has 2 aromatic heterocycles. The molecule has 6 nitrogen and oxygen atoms in total. The number of aryl methyl sites for hydroxylation is 2. The number of carbonyl (C=O) groups excluding carboxylic acids is 2. The largest absolute Gasteiger partial charge is 0.461 e. The molecule has 0 fully saturated rings. The molecule has 2 heterocycles. The fourth-order valence-corrected chi connectivity index (χ4v) is 3.72. The van der Waals surface area contributed by atoms with Crippen LogP contribution in [0, 0.1) is 13.8 Å². The van der Waals surface area contributed by atoms with Crippen LogP contribution in [0.5, 0.6) is 0 Å². The van der Waals surface area contributed by atoms with Crippen LogP contribution in [0.25, 0.3) is 11.0 Å². The van der Waals surface area contributed by atoms with Crippen molar-refractivity contribution in [2.24, 2.45) is 0 Å². The molecular weight excluding hydrogens is 378 g/mol. The van der Waals surface area contributed by atoms with E-state index in [0.717, 1.165) is 21.4 Å². The predicted molar refractivity (Wildman–Crippen MR) is 107 cm³/mol. The highest BCUT2D eigenvalue weighted by molar-refractivity contribution is 7.10. The third-order valence-electron chi connectivity index (χ3n) is 4.47. The number of rotatable bonds is 6. The maximum Gasteiger partial charge on any atom is 0.336 e. The first-order chi connectivity index (χ1) is 13.3. The molecule has 0 aliphatic rings. The van der Waals surface area contributed by atoms with Crippen molar-refractivity contribution in [1.29, 1.82) is 0 Å². The van der Waals surface area contributed by atoms with Gasteiger partial charge in [0.25, 0.3) is 0 Å². The lowest BCUT2D eigenvalue weighted by Crippen LogP contribution is -2.28. The number of hydrogen-bond donors (Lipinski definition) is 1. The van der Waals surface area contributed by atoms with Crippen molar-refractivity contribution in [2.75, 3.05) is 0 Å². The molecule has 1 aromatic carbocycles. The van der Waals surface area contributed by atoms with E-state index in [1.54, 1.807) is 6.07 Å². The van der Waals surface area contributed by atoms with Crippen LogP contribution in [0.3, 0.4) is 0 Å². The fraction of sp³-hybridized carbons (Fsp3) is 0.286. The Morgan fingerprint density at radius 2 is 1.96 bits per heavy atom. The van der Waals surface area contributed by atoms with Crippen molar-refractivity contribution >= 4 is 34.2 Å². The summed E-state index contributed by atoms with van der Waals surface area (Å²) in [5.74, 6) is -0.680. The molecular formula is C21H21NO5S. The molecule has 0 saturated heterocycles. The molecule has 3 aromatic rings. The van der Waals surface area contributed by atoms with E-state index in [9.17, 15) is 14.4 Å². The van der Waals surface area contributed by atoms with Crippen molar-refractivity contribution in [1.82, 2.24) is 5.32 Å². The third kappa shape index (κ3) is 4.67. The van der Waals surface area contributed by atoms with Crippen LogP contribution < -0.4 is 10.9 Å². The molecule has 0 aliphatic heterocycles. The Balaban J connectivity index is 1.76. The van der Waals surface area contributed by atoms with Crippen LogP contribution >= 0.6 is 11.3 Å². The van der Waals surface area contributed by atoms with Gasteiger partial charge >= 0.3 is 11.6 Å². The Labute approximate surface area is 166 Å². The summed E-state index contributed by atoms with van der Waals surface area (Å²) in [5, 5.41) is 5.40. The van der Waals surface area contributed by atoms with E-state index in [1.165, 1.54) is 24.3 Å². The van der Waals surface area contributed by atoms with E-state index in [1.807, 2.05) is 37.4 Å². The van der Waals surface area contributed by atoms with Gasteiger partial charge in [0.2, 0.25) is 5.91 Å². The van der Waals surface area contributed by atoms with Gasteiger partial charge in [-0.15, -0.1) is 11.3 Å². The lowest BCUT2D eigenvalue weighted by molar-refractivity contribution is -0.145. The number of nitrogens with one attached hydrogen (secondary N) is 1. The minimum Gasteiger partial charge on any atom is -0.461 e. The second-order valence-electron chi connectivity index (χ2n) is 6.66. The highest BCUT2D eigenvalue weighted by Crippen LogP contribution is 2.24. The smallest absolute Gasteiger partial charge is 0.336 e. The van der Waals surface area contributed by atoms with Crippen molar-refractivity contribution in [3.05, 3.63) is 67.7 Å². The lowest BCUT2D eigenvalue weighted by Gasteiger charge is -2.16. The maximum atomic E-state index is 12.4. The average molecular weight is 399 g/mol. The molecule has 28 heavy (non-hydrogen) atoms. The second kappa shape index (κ2) is 8.39. The highest BCUT2D eigenvalue weighted by Gasteiger charge is 2.19. The average Bonchev–Trinajstić information content (AvgIpc) is 3.15. The number of ether oxygens (including phenoxy) is 1. The van der Waals surface area contributed by atoms with Gasteiger partial charge in [-0.05, 0) is 48.6 Å². The SMILES string of the molecule is CC(=O)NC(CC(=O)OCc1cc(=O)oc2cc(C)c(C)cc12)c1cccs1. The fourth-order valence-electron chi connectivity index (χ4n) is 2.94. The third-order valence-corrected chi connectivity index (χ3v) is 5.45. The normalized spacial score (nSPS) is 12.0. The molecule has 7 heteroatoms. The Morgan fingerprint density at radius 3 is 2.64 bits per heavy atom. The number of carbonyl (C=O) groups is 2. The Bertz CT molecular complexity index is 1070. The molecule has 0 aliphatic carbocycles. The summed E-state index contributed by atoms with van der Waals surface area (Å²) < 4.78 is 10.7. The van der Waals surface area contributed by atoms with Gasteiger partial charge < -0.3 is 14.5 Å². The first-order valence-electron chi connectivity index (χ1n) is 8.83. The molecule has 0 bridgehead atoms. The first-order valence-corrected chi connectivity index (χ1v) is 9.71. The van der Waals surface area contributed by atoms with E-state index < -0.39 is 17.6 Å². The number of thiophene rings is 1. The molecule has 0 spiro atoms. The Kier molecular flexibility index (Phi) is 5.94. The van der Waals surface area contributed by atoms with Gasteiger partial charge in [0.15, 0.2) is 0 Å². The first kappa shape index (κ1) is 19.8. The monoisotopic (exact) mass is 399 g/mol.